The van der Waals surface area contributed by atoms with Crippen LogP contribution >= 0.6 is 0 Å². The van der Waals surface area contributed by atoms with Crippen LogP contribution in [0.2, 0.25) is 0 Å². The second-order valence-corrected chi connectivity index (χ2v) is 8.24. The van der Waals surface area contributed by atoms with Crippen LogP contribution in [0.4, 0.5) is 10.1 Å². The van der Waals surface area contributed by atoms with E-state index in [0.717, 1.165) is 18.5 Å². The number of benzene rings is 2. The van der Waals surface area contributed by atoms with Crippen LogP contribution in [0.1, 0.15) is 111 Å². The molecule has 0 amide bonds. The van der Waals surface area contributed by atoms with Crippen molar-refractivity contribution in [2.24, 2.45) is 0 Å². The van der Waals surface area contributed by atoms with Gasteiger partial charge in [0.2, 0.25) is 0 Å². The first-order chi connectivity index (χ1) is 15.8. The van der Waals surface area contributed by atoms with Crippen LogP contribution in [0.3, 0.4) is 0 Å². The molecule has 188 valence electrons. The van der Waals surface area contributed by atoms with Crippen molar-refractivity contribution in [2.45, 2.75) is 107 Å². The van der Waals surface area contributed by atoms with E-state index in [1.54, 1.807) is 6.07 Å². The van der Waals surface area contributed by atoms with Crippen LogP contribution in [0.25, 0.3) is 0 Å². The average Bonchev–Trinajstić information content (AvgIpc) is 2.83. The van der Waals surface area contributed by atoms with Crippen LogP contribution in [0.15, 0.2) is 60.8 Å². The molecule has 0 spiro atoms. The molecule has 0 aromatic heterocycles. The lowest BCUT2D eigenvalue weighted by atomic mass is 10.0. The summed E-state index contributed by atoms with van der Waals surface area (Å²) >= 11 is 0. The number of rotatable bonds is 9. The molecular formula is C31H52FN. The molecule has 2 rings (SSSR count). The van der Waals surface area contributed by atoms with Crippen molar-refractivity contribution in [3.05, 3.63) is 77.8 Å². The highest BCUT2D eigenvalue weighted by Crippen LogP contribution is 2.24. The number of unbranched alkanes of at least 4 members (excludes halogenated alkanes) is 3. The van der Waals surface area contributed by atoms with Gasteiger partial charge in [-0.1, -0.05) is 124 Å². The van der Waals surface area contributed by atoms with Gasteiger partial charge in [0.05, 0.1) is 0 Å². The number of allylic oxidation sites excluding steroid dienone is 1. The number of halogens is 1. The minimum absolute atomic E-state index is 0.0995. The molecule has 0 radical (unpaired) electrons. The van der Waals surface area contributed by atoms with Gasteiger partial charge in [0.1, 0.15) is 5.82 Å². The Labute approximate surface area is 206 Å². The van der Waals surface area contributed by atoms with Gasteiger partial charge in [-0.15, -0.1) is 0 Å². The molecule has 33 heavy (non-hydrogen) atoms. The standard InChI is InChI=1S/C15H23N.C9H11F.C5H12.C2H6/c1-5-7-12-16(14(4)6-2)15-11-9-8-10-13(15)3;1-7(2)8-5-3-4-6-9(8)10;1-3-5-4-2;1-2/h8-11H,4-7,12H2,1-3H3;3-7H,1-2H3;3-5H2,1-2H3;1-2H3. The van der Waals surface area contributed by atoms with E-state index < -0.39 is 0 Å². The van der Waals surface area contributed by atoms with Gasteiger partial charge in [-0.05, 0) is 48.9 Å². The number of hydrogen-bond acceptors (Lipinski definition) is 1. The third-order valence-corrected chi connectivity index (χ3v) is 5.17. The summed E-state index contributed by atoms with van der Waals surface area (Å²) in [6.45, 7) is 24.2. The van der Waals surface area contributed by atoms with Gasteiger partial charge in [0, 0.05) is 17.9 Å². The number of anilines is 1. The predicted molar refractivity (Wildman–Crippen MR) is 150 cm³/mol. The van der Waals surface area contributed by atoms with Crippen molar-refractivity contribution in [2.75, 3.05) is 11.4 Å². The quantitative estimate of drug-likeness (QED) is 0.362. The molecule has 2 aromatic carbocycles. The monoisotopic (exact) mass is 457 g/mol. The lowest BCUT2D eigenvalue weighted by molar-refractivity contribution is 0.598. The fraction of sp³-hybridized carbons (Fsp3) is 0.548. The van der Waals surface area contributed by atoms with Crippen LogP contribution in [-0.2, 0) is 0 Å². The van der Waals surface area contributed by atoms with Gasteiger partial charge in [0.15, 0.2) is 0 Å². The normalized spacial score (nSPS) is 9.55. The van der Waals surface area contributed by atoms with Crippen LogP contribution in [-0.4, -0.2) is 6.54 Å². The van der Waals surface area contributed by atoms with E-state index in [1.165, 1.54) is 55.1 Å². The number of aryl methyl sites for hydroxylation is 1. The molecule has 1 nitrogen and oxygen atoms in total. The van der Waals surface area contributed by atoms with Gasteiger partial charge in [-0.2, -0.15) is 0 Å². The predicted octanol–water partition coefficient (Wildman–Crippen LogP) is 10.7. The lowest BCUT2D eigenvalue weighted by Gasteiger charge is -2.27. The molecule has 0 N–H and O–H groups in total. The Balaban J connectivity index is 0. The zero-order valence-corrected chi connectivity index (χ0v) is 23.2. The Bertz CT molecular complexity index is 718. The molecule has 0 aliphatic carbocycles. The lowest BCUT2D eigenvalue weighted by Crippen LogP contribution is -2.23. The van der Waals surface area contributed by atoms with E-state index in [9.17, 15) is 4.39 Å². The maximum Gasteiger partial charge on any atom is 0.126 e. The van der Waals surface area contributed by atoms with E-state index in [-0.39, 0.29) is 11.7 Å². The van der Waals surface area contributed by atoms with E-state index in [0.29, 0.717) is 0 Å². The van der Waals surface area contributed by atoms with Gasteiger partial charge in [-0.25, -0.2) is 4.39 Å². The Morgan fingerprint density at radius 1 is 0.848 bits per heavy atom. The summed E-state index contributed by atoms with van der Waals surface area (Å²) in [6, 6.07) is 15.4. The summed E-state index contributed by atoms with van der Waals surface area (Å²) in [4.78, 5) is 2.36. The first kappa shape index (κ1) is 33.1. The molecule has 0 saturated heterocycles. The first-order valence-electron chi connectivity index (χ1n) is 13.1. The molecule has 0 heterocycles. The summed E-state index contributed by atoms with van der Waals surface area (Å²) < 4.78 is 12.8. The van der Waals surface area contributed by atoms with Crippen molar-refractivity contribution in [3.8, 4) is 0 Å². The van der Waals surface area contributed by atoms with Crippen molar-refractivity contribution < 1.29 is 4.39 Å². The average molecular weight is 458 g/mol. The van der Waals surface area contributed by atoms with Gasteiger partial charge in [0.25, 0.3) is 0 Å². The zero-order valence-electron chi connectivity index (χ0n) is 23.2. The van der Waals surface area contributed by atoms with E-state index in [4.69, 9.17) is 0 Å². The highest BCUT2D eigenvalue weighted by molar-refractivity contribution is 5.56. The molecule has 0 atom stereocenters. The fourth-order valence-electron chi connectivity index (χ4n) is 3.12. The Morgan fingerprint density at radius 2 is 1.36 bits per heavy atom. The van der Waals surface area contributed by atoms with Crippen LogP contribution in [0.5, 0.6) is 0 Å². The third kappa shape index (κ3) is 14.6. The Hall–Kier alpha value is -2.09. The van der Waals surface area contributed by atoms with Crippen molar-refractivity contribution in [1.82, 2.24) is 0 Å². The smallest absolute Gasteiger partial charge is 0.126 e. The summed E-state index contributed by atoms with van der Waals surface area (Å²) in [5.41, 5.74) is 4.64. The van der Waals surface area contributed by atoms with Crippen LogP contribution < -0.4 is 4.90 Å². The van der Waals surface area contributed by atoms with E-state index >= 15 is 0 Å². The highest BCUT2D eigenvalue weighted by atomic mass is 19.1. The van der Waals surface area contributed by atoms with Crippen molar-refractivity contribution in [3.63, 3.8) is 0 Å². The number of nitrogens with zero attached hydrogens (tertiary/aromatic N) is 1. The summed E-state index contributed by atoms with van der Waals surface area (Å²) in [6.07, 6.45) is 7.53. The molecule has 0 fully saturated rings. The molecule has 2 heteroatoms. The first-order valence-corrected chi connectivity index (χ1v) is 13.1. The minimum atomic E-state index is -0.0995. The topological polar surface area (TPSA) is 3.24 Å². The maximum absolute atomic E-state index is 12.8. The fourth-order valence-corrected chi connectivity index (χ4v) is 3.12. The third-order valence-electron chi connectivity index (χ3n) is 5.17. The van der Waals surface area contributed by atoms with Crippen molar-refractivity contribution in [1.29, 1.82) is 0 Å². The zero-order chi connectivity index (χ0) is 25.6. The van der Waals surface area contributed by atoms with Crippen LogP contribution in [0, 0.1) is 12.7 Å². The SMILES string of the molecule is C=C(CC)N(CCCC)c1ccccc1C.CC.CC(C)c1ccccc1F.CCCCC. The Morgan fingerprint density at radius 3 is 1.76 bits per heavy atom. The maximum atomic E-state index is 12.8. The number of hydrogen-bond donors (Lipinski definition) is 0. The van der Waals surface area contributed by atoms with E-state index in [1.807, 2.05) is 39.8 Å². The van der Waals surface area contributed by atoms with E-state index in [2.05, 4.69) is 70.4 Å². The van der Waals surface area contributed by atoms with Gasteiger partial charge >= 0.3 is 0 Å². The minimum Gasteiger partial charge on any atom is -0.346 e. The molecule has 0 aliphatic rings. The molecule has 0 aliphatic heterocycles. The highest BCUT2D eigenvalue weighted by Gasteiger charge is 2.10. The molecule has 0 unspecified atom stereocenters. The largest absolute Gasteiger partial charge is 0.346 e. The van der Waals surface area contributed by atoms with Gasteiger partial charge < -0.3 is 4.90 Å². The summed E-state index contributed by atoms with van der Waals surface area (Å²) in [5.74, 6) is 0.179. The summed E-state index contributed by atoms with van der Waals surface area (Å²) in [7, 11) is 0. The Kier molecular flexibility index (Phi) is 21.8. The molecule has 2 aromatic rings. The summed E-state index contributed by atoms with van der Waals surface area (Å²) in [5, 5.41) is 0. The molecule has 0 saturated carbocycles. The van der Waals surface area contributed by atoms with Crippen molar-refractivity contribution >= 4 is 5.69 Å². The second kappa shape index (κ2) is 21.7. The van der Waals surface area contributed by atoms with Gasteiger partial charge in [-0.3, -0.25) is 0 Å². The molecule has 0 bridgehead atoms. The molecular weight excluding hydrogens is 405 g/mol. The second-order valence-electron chi connectivity index (χ2n) is 8.24. The number of para-hydroxylation sites is 1.